The quantitative estimate of drug-likeness (QED) is 0.868. The molecule has 0 bridgehead atoms. The monoisotopic (exact) mass is 316 g/mol. The summed E-state index contributed by atoms with van der Waals surface area (Å²) in [5.74, 6) is 1.54. The van der Waals surface area contributed by atoms with Gasteiger partial charge >= 0.3 is 0 Å². The first-order valence-corrected chi connectivity index (χ1v) is 8.37. The highest BCUT2D eigenvalue weighted by Crippen LogP contribution is 2.31. The van der Waals surface area contributed by atoms with Gasteiger partial charge in [-0.1, -0.05) is 6.92 Å². The smallest absolute Gasteiger partial charge is 0.223 e. The van der Waals surface area contributed by atoms with Crippen molar-refractivity contribution in [3.8, 4) is 0 Å². The number of carbonyl (C=O) groups excluding carboxylic acids is 1. The van der Waals surface area contributed by atoms with Crippen LogP contribution in [0, 0.1) is 11.8 Å². The summed E-state index contributed by atoms with van der Waals surface area (Å²) in [6, 6.07) is 0.368. The summed E-state index contributed by atoms with van der Waals surface area (Å²) in [5, 5.41) is 3.46. The molecule has 5 heteroatoms. The molecule has 0 spiro atoms. The third-order valence-corrected chi connectivity index (χ3v) is 5.44. The zero-order chi connectivity index (χ0) is 13.9. The number of halogens is 1. The molecule has 1 amide bonds. The maximum Gasteiger partial charge on any atom is 0.223 e. The van der Waals surface area contributed by atoms with Crippen molar-refractivity contribution in [3.05, 3.63) is 0 Å². The van der Waals surface area contributed by atoms with Crippen LogP contribution in [0.5, 0.6) is 0 Å². The van der Waals surface area contributed by atoms with Gasteiger partial charge in [0.2, 0.25) is 5.91 Å². The average molecular weight is 317 g/mol. The highest BCUT2D eigenvalue weighted by Gasteiger charge is 2.38. The normalized spacial score (nSPS) is 34.0. The molecule has 3 rings (SSSR count). The number of amides is 1. The van der Waals surface area contributed by atoms with Crippen LogP contribution in [0.15, 0.2) is 0 Å². The molecule has 2 saturated heterocycles. The van der Waals surface area contributed by atoms with E-state index in [2.05, 4.69) is 17.1 Å². The Morgan fingerprint density at radius 1 is 1.33 bits per heavy atom. The molecule has 122 valence electrons. The molecule has 21 heavy (non-hydrogen) atoms. The summed E-state index contributed by atoms with van der Waals surface area (Å²) in [6.07, 6.45) is 7.05. The van der Waals surface area contributed by atoms with Gasteiger partial charge in [0, 0.05) is 13.0 Å². The Hall–Kier alpha value is -0.320. The molecule has 0 aromatic carbocycles. The SMILES string of the molecule is CC(CC(=O)N1CCOC2CCCC21)C1CCCNC1.Cl. The Balaban J connectivity index is 0.00000161. The summed E-state index contributed by atoms with van der Waals surface area (Å²) < 4.78 is 5.80. The predicted molar refractivity (Wildman–Crippen MR) is 85.7 cm³/mol. The van der Waals surface area contributed by atoms with Gasteiger partial charge in [-0.3, -0.25) is 4.79 Å². The molecule has 4 atom stereocenters. The molecule has 1 saturated carbocycles. The van der Waals surface area contributed by atoms with Crippen LogP contribution < -0.4 is 5.32 Å². The minimum Gasteiger partial charge on any atom is -0.374 e. The Morgan fingerprint density at radius 3 is 2.95 bits per heavy atom. The van der Waals surface area contributed by atoms with Gasteiger partial charge in [0.15, 0.2) is 0 Å². The molecule has 3 aliphatic rings. The molecule has 2 aliphatic heterocycles. The van der Waals surface area contributed by atoms with Crippen LogP contribution >= 0.6 is 12.4 Å². The number of nitrogens with one attached hydrogen (secondary N) is 1. The molecule has 0 radical (unpaired) electrons. The van der Waals surface area contributed by atoms with E-state index in [-0.39, 0.29) is 12.4 Å². The summed E-state index contributed by atoms with van der Waals surface area (Å²) >= 11 is 0. The zero-order valence-corrected chi connectivity index (χ0v) is 13.9. The fraction of sp³-hybridized carbons (Fsp3) is 0.938. The molecule has 4 nitrogen and oxygen atoms in total. The Labute approximate surface area is 134 Å². The molecule has 1 aliphatic carbocycles. The van der Waals surface area contributed by atoms with E-state index in [0.29, 0.717) is 29.9 Å². The van der Waals surface area contributed by atoms with E-state index in [1.807, 2.05) is 0 Å². The number of nitrogens with zero attached hydrogens (tertiary/aromatic N) is 1. The fourth-order valence-electron chi connectivity index (χ4n) is 4.16. The second-order valence-electron chi connectivity index (χ2n) is 6.78. The lowest BCUT2D eigenvalue weighted by Gasteiger charge is -2.39. The lowest BCUT2D eigenvalue weighted by Crippen LogP contribution is -2.51. The van der Waals surface area contributed by atoms with E-state index in [4.69, 9.17) is 4.74 Å². The first-order chi connectivity index (χ1) is 9.75. The number of hydrogen-bond acceptors (Lipinski definition) is 3. The van der Waals surface area contributed by atoms with Crippen molar-refractivity contribution in [3.63, 3.8) is 0 Å². The first-order valence-electron chi connectivity index (χ1n) is 8.37. The number of piperidine rings is 1. The maximum absolute atomic E-state index is 12.6. The van der Waals surface area contributed by atoms with Crippen LogP contribution in [0.1, 0.15) is 45.4 Å². The minimum atomic E-state index is 0. The van der Waals surface area contributed by atoms with Crippen LogP contribution in [0.3, 0.4) is 0 Å². The number of hydrogen-bond donors (Lipinski definition) is 1. The van der Waals surface area contributed by atoms with E-state index in [1.54, 1.807) is 0 Å². The lowest BCUT2D eigenvalue weighted by atomic mass is 9.85. The maximum atomic E-state index is 12.6. The number of morpholine rings is 1. The molecule has 1 N–H and O–H groups in total. The number of ether oxygens (including phenoxy) is 1. The summed E-state index contributed by atoms with van der Waals surface area (Å²) in [6.45, 7) is 6.01. The van der Waals surface area contributed by atoms with Crippen LogP contribution in [-0.2, 0) is 9.53 Å². The molecule has 2 heterocycles. The van der Waals surface area contributed by atoms with Gasteiger partial charge in [-0.2, -0.15) is 0 Å². The van der Waals surface area contributed by atoms with E-state index >= 15 is 0 Å². The standard InChI is InChI=1S/C16H28N2O2.ClH/c1-12(13-4-3-7-17-11-13)10-16(19)18-8-9-20-15-6-2-5-14(15)18;/h12-15,17H,2-11H2,1H3;1H. The highest BCUT2D eigenvalue weighted by atomic mass is 35.5. The van der Waals surface area contributed by atoms with Crippen molar-refractivity contribution in [1.82, 2.24) is 10.2 Å². The second kappa shape index (κ2) is 7.80. The highest BCUT2D eigenvalue weighted by molar-refractivity contribution is 5.85. The molecular formula is C16H29ClN2O2. The third kappa shape index (κ3) is 3.91. The van der Waals surface area contributed by atoms with Crippen LogP contribution in [-0.4, -0.2) is 49.2 Å². The van der Waals surface area contributed by atoms with E-state index in [1.165, 1.54) is 19.3 Å². The van der Waals surface area contributed by atoms with E-state index in [9.17, 15) is 4.79 Å². The van der Waals surface area contributed by atoms with Crippen LogP contribution in [0.4, 0.5) is 0 Å². The molecular weight excluding hydrogens is 288 g/mol. The number of rotatable bonds is 3. The second-order valence-corrected chi connectivity index (χ2v) is 6.78. The summed E-state index contributed by atoms with van der Waals surface area (Å²) in [5.41, 5.74) is 0. The first kappa shape index (κ1) is 17.0. The molecule has 0 aromatic rings. The van der Waals surface area contributed by atoms with E-state index in [0.717, 1.165) is 45.5 Å². The van der Waals surface area contributed by atoms with Crippen LogP contribution in [0.25, 0.3) is 0 Å². The van der Waals surface area contributed by atoms with Gasteiger partial charge < -0.3 is 15.0 Å². The van der Waals surface area contributed by atoms with Gasteiger partial charge in [0.1, 0.15) is 0 Å². The van der Waals surface area contributed by atoms with Crippen molar-refractivity contribution in [2.75, 3.05) is 26.2 Å². The summed E-state index contributed by atoms with van der Waals surface area (Å²) in [7, 11) is 0. The molecule has 3 fully saturated rings. The Bertz CT molecular complexity index is 347. The van der Waals surface area contributed by atoms with Crippen molar-refractivity contribution < 1.29 is 9.53 Å². The van der Waals surface area contributed by atoms with Crippen molar-refractivity contribution in [2.24, 2.45) is 11.8 Å². The number of carbonyl (C=O) groups is 1. The molecule has 4 unspecified atom stereocenters. The Kier molecular flexibility index (Phi) is 6.33. The van der Waals surface area contributed by atoms with Gasteiger partial charge in [-0.25, -0.2) is 0 Å². The Morgan fingerprint density at radius 2 is 2.19 bits per heavy atom. The van der Waals surface area contributed by atoms with Crippen LogP contribution in [0.2, 0.25) is 0 Å². The van der Waals surface area contributed by atoms with Gasteiger partial charge in [-0.15, -0.1) is 12.4 Å². The number of fused-ring (bicyclic) bond motifs is 1. The van der Waals surface area contributed by atoms with Gasteiger partial charge in [-0.05, 0) is 57.0 Å². The zero-order valence-electron chi connectivity index (χ0n) is 13.1. The van der Waals surface area contributed by atoms with Crippen molar-refractivity contribution in [1.29, 1.82) is 0 Å². The minimum absolute atomic E-state index is 0. The van der Waals surface area contributed by atoms with E-state index < -0.39 is 0 Å². The van der Waals surface area contributed by atoms with Crippen molar-refractivity contribution in [2.45, 2.75) is 57.6 Å². The molecule has 0 aromatic heterocycles. The summed E-state index contributed by atoms with van der Waals surface area (Å²) in [4.78, 5) is 14.8. The lowest BCUT2D eigenvalue weighted by molar-refractivity contribution is -0.145. The predicted octanol–water partition coefficient (Wildman–Crippen LogP) is 2.21. The average Bonchev–Trinajstić information content (AvgIpc) is 2.96. The largest absolute Gasteiger partial charge is 0.374 e. The van der Waals surface area contributed by atoms with Gasteiger partial charge in [0.05, 0.1) is 18.8 Å². The third-order valence-electron chi connectivity index (χ3n) is 5.44. The van der Waals surface area contributed by atoms with Crippen molar-refractivity contribution >= 4 is 18.3 Å². The van der Waals surface area contributed by atoms with Gasteiger partial charge in [0.25, 0.3) is 0 Å². The topological polar surface area (TPSA) is 41.6 Å². The fourth-order valence-corrected chi connectivity index (χ4v) is 4.16.